The van der Waals surface area contributed by atoms with E-state index in [4.69, 9.17) is 0 Å². The van der Waals surface area contributed by atoms with E-state index in [1.807, 2.05) is 18.2 Å². The molecule has 1 amide bonds. The van der Waals surface area contributed by atoms with Crippen LogP contribution in [0.15, 0.2) is 47.4 Å². The molecule has 0 aromatic carbocycles. The largest absolute Gasteiger partial charge is 0.368 e. The van der Waals surface area contributed by atoms with E-state index in [1.54, 1.807) is 30.5 Å². The number of anilines is 4. The molecule has 2 bridgehead atoms. The predicted molar refractivity (Wildman–Crippen MR) is 164 cm³/mol. The number of nitrogens with one attached hydrogen (secondary N) is 3. The van der Waals surface area contributed by atoms with Crippen LogP contribution >= 0.6 is 11.3 Å². The maximum Gasteiger partial charge on any atom is 0.271 e. The third kappa shape index (κ3) is 4.96. The molecule has 1 saturated carbocycles. The molecular weight excluding hydrogens is 553 g/mol. The number of fused-ring (bicyclic) bond motifs is 5. The van der Waals surface area contributed by atoms with Gasteiger partial charge in [0.15, 0.2) is 0 Å². The molecule has 2 fully saturated rings. The summed E-state index contributed by atoms with van der Waals surface area (Å²) in [4.78, 5) is 44.2. The lowest BCUT2D eigenvalue weighted by Crippen LogP contribution is -2.44. The molecule has 7 rings (SSSR count). The van der Waals surface area contributed by atoms with Crippen molar-refractivity contribution in [1.29, 1.82) is 0 Å². The van der Waals surface area contributed by atoms with Crippen LogP contribution in [0.4, 0.5) is 27.4 Å². The van der Waals surface area contributed by atoms with Crippen molar-refractivity contribution in [2.45, 2.75) is 38.0 Å². The first-order valence-electron chi connectivity index (χ1n) is 14.3. The van der Waals surface area contributed by atoms with Crippen LogP contribution in [0.2, 0.25) is 0 Å². The number of aromatic nitrogens is 3. The Hall–Kier alpha value is -4.09. The number of amides is 1. The van der Waals surface area contributed by atoms with Gasteiger partial charge >= 0.3 is 0 Å². The number of likely N-dealkylation sites (N-methyl/N-ethyl adjacent to an activating group) is 1. The molecule has 2 atom stereocenters. The minimum Gasteiger partial charge on any atom is -0.368 e. The molecule has 1 aliphatic heterocycles. The number of pyridine rings is 3. The molecule has 9 nitrogen and oxygen atoms in total. The molecule has 4 aromatic heterocycles. The summed E-state index contributed by atoms with van der Waals surface area (Å²) in [5.74, 6) is 1.10. The van der Waals surface area contributed by atoms with Crippen molar-refractivity contribution in [3.8, 4) is 11.3 Å². The van der Waals surface area contributed by atoms with Gasteiger partial charge in [0, 0.05) is 42.3 Å². The number of hydrogen-bond acceptors (Lipinski definition) is 8. The second kappa shape index (κ2) is 10.6. The van der Waals surface area contributed by atoms with Gasteiger partial charge in [0.2, 0.25) is 0 Å². The molecule has 2 aliphatic carbocycles. The summed E-state index contributed by atoms with van der Waals surface area (Å²) < 4.78 is 15.1. The van der Waals surface area contributed by atoms with Gasteiger partial charge in [0.1, 0.15) is 28.8 Å². The average molecular weight is 586 g/mol. The van der Waals surface area contributed by atoms with Gasteiger partial charge in [-0.05, 0) is 87.0 Å². The second-order valence-electron chi connectivity index (χ2n) is 11.5. The number of nitrogens with zero attached hydrogens (tertiary/aromatic N) is 4. The monoisotopic (exact) mass is 585 g/mol. The van der Waals surface area contributed by atoms with Gasteiger partial charge < -0.3 is 25.4 Å². The number of aromatic amines is 1. The number of halogens is 1. The van der Waals surface area contributed by atoms with Crippen molar-refractivity contribution in [1.82, 2.24) is 19.9 Å². The van der Waals surface area contributed by atoms with E-state index >= 15 is 4.39 Å². The van der Waals surface area contributed by atoms with Crippen LogP contribution in [0.25, 0.3) is 11.3 Å². The van der Waals surface area contributed by atoms with Gasteiger partial charge in [0.25, 0.3) is 11.5 Å². The van der Waals surface area contributed by atoms with Crippen molar-refractivity contribution in [3.05, 3.63) is 79.8 Å². The zero-order chi connectivity index (χ0) is 29.0. The minimum atomic E-state index is -0.560. The maximum absolute atomic E-state index is 15.1. The predicted octanol–water partition coefficient (Wildman–Crippen LogP) is 5.45. The number of carbonyl (C=O) groups is 1. The molecule has 5 heterocycles. The van der Waals surface area contributed by atoms with E-state index < -0.39 is 5.82 Å². The number of hydrogen-bond donors (Lipinski definition) is 3. The maximum atomic E-state index is 15.1. The first-order chi connectivity index (χ1) is 20.3. The van der Waals surface area contributed by atoms with Crippen LogP contribution in [0.3, 0.4) is 0 Å². The summed E-state index contributed by atoms with van der Waals surface area (Å²) in [6, 6.07) is 10.1. The molecular formula is C31H32FN7O2S. The smallest absolute Gasteiger partial charge is 0.271 e. The van der Waals surface area contributed by atoms with Crippen molar-refractivity contribution in [3.63, 3.8) is 0 Å². The zero-order valence-corrected chi connectivity index (χ0v) is 24.4. The van der Waals surface area contributed by atoms with E-state index in [9.17, 15) is 9.59 Å². The Balaban J connectivity index is 1.11. The normalized spacial score (nSPS) is 19.6. The molecule has 0 spiro atoms. The van der Waals surface area contributed by atoms with Crippen LogP contribution in [0.5, 0.6) is 0 Å². The SMILES string of the molecule is Cc1[nH]c(=O)c(Nc2ccc(N3CCN(C)CC3)cn2)cc1-c1nc(NC(=O)c2cc3c(s2)C2CCC3C2)ccc1F. The Morgan fingerprint density at radius 2 is 1.86 bits per heavy atom. The molecule has 3 aliphatic rings. The Bertz CT molecular complexity index is 1700. The van der Waals surface area contributed by atoms with E-state index in [1.165, 1.54) is 41.8 Å². The summed E-state index contributed by atoms with van der Waals surface area (Å²) in [7, 11) is 2.11. The lowest BCUT2D eigenvalue weighted by Gasteiger charge is -2.33. The van der Waals surface area contributed by atoms with E-state index in [-0.39, 0.29) is 28.7 Å². The highest BCUT2D eigenvalue weighted by atomic mass is 32.1. The van der Waals surface area contributed by atoms with Crippen molar-refractivity contribution in [2.24, 2.45) is 0 Å². The topological polar surface area (TPSA) is 106 Å². The first-order valence-corrected chi connectivity index (χ1v) is 15.2. The Morgan fingerprint density at radius 3 is 2.62 bits per heavy atom. The number of rotatable bonds is 6. The number of carbonyl (C=O) groups excluding carboxylic acids is 1. The van der Waals surface area contributed by atoms with Crippen molar-refractivity contribution in [2.75, 3.05) is 48.8 Å². The lowest BCUT2D eigenvalue weighted by molar-refractivity contribution is 0.103. The molecule has 4 aromatic rings. The zero-order valence-electron chi connectivity index (χ0n) is 23.5. The van der Waals surface area contributed by atoms with Crippen LogP contribution in [0.1, 0.15) is 56.9 Å². The Kier molecular flexibility index (Phi) is 6.78. The lowest BCUT2D eigenvalue weighted by atomic mass is 9.99. The van der Waals surface area contributed by atoms with Gasteiger partial charge in [-0.3, -0.25) is 9.59 Å². The van der Waals surface area contributed by atoms with Crippen molar-refractivity contribution >= 4 is 40.3 Å². The highest BCUT2D eigenvalue weighted by molar-refractivity contribution is 7.14. The molecule has 1 saturated heterocycles. The number of aryl methyl sites for hydroxylation is 1. The number of thiophene rings is 1. The highest BCUT2D eigenvalue weighted by Crippen LogP contribution is 2.55. The highest BCUT2D eigenvalue weighted by Gasteiger charge is 2.39. The number of piperazine rings is 1. The van der Waals surface area contributed by atoms with Crippen molar-refractivity contribution < 1.29 is 9.18 Å². The summed E-state index contributed by atoms with van der Waals surface area (Å²) in [6.07, 6.45) is 5.40. The fraction of sp³-hybridized carbons (Fsp3) is 0.355. The van der Waals surface area contributed by atoms with Crippen LogP contribution in [-0.2, 0) is 0 Å². The molecule has 11 heteroatoms. The first kappa shape index (κ1) is 26.8. The van der Waals surface area contributed by atoms with Gasteiger partial charge in [0.05, 0.1) is 16.8 Å². The van der Waals surface area contributed by atoms with Crippen LogP contribution in [-0.4, -0.2) is 59.0 Å². The summed E-state index contributed by atoms with van der Waals surface area (Å²) in [5, 5.41) is 5.91. The molecule has 3 N–H and O–H groups in total. The fourth-order valence-corrected chi connectivity index (χ4v) is 7.65. The van der Waals surface area contributed by atoms with Gasteiger partial charge in [-0.1, -0.05) is 0 Å². The van der Waals surface area contributed by atoms with E-state index in [2.05, 4.69) is 42.4 Å². The standard InChI is InChI=1S/C31H32FN7O2S/c1-17-21(14-24(30(40)34-17)35-26-7-5-20(16-33-26)39-11-9-38(2)10-12-39)28-23(32)6-8-27(36-28)37-31(41)25-15-22-18-3-4-19(13-18)29(22)42-25/h5-8,14-16,18-19H,3-4,9-13H2,1-2H3,(H,33,35)(H,34,40)(H,36,37,41). The van der Waals surface area contributed by atoms with Crippen LogP contribution in [0, 0.1) is 12.7 Å². The van der Waals surface area contributed by atoms with Gasteiger partial charge in [-0.15, -0.1) is 11.3 Å². The average Bonchev–Trinajstić information content (AvgIpc) is 3.71. The van der Waals surface area contributed by atoms with Crippen LogP contribution < -0.4 is 21.1 Å². The molecule has 2 unspecified atom stereocenters. The third-order valence-corrected chi connectivity index (χ3v) is 10.0. The quantitative estimate of drug-likeness (QED) is 0.276. The van der Waals surface area contributed by atoms with Gasteiger partial charge in [-0.2, -0.15) is 0 Å². The summed E-state index contributed by atoms with van der Waals surface area (Å²) >= 11 is 1.56. The fourth-order valence-electron chi connectivity index (χ4n) is 6.36. The summed E-state index contributed by atoms with van der Waals surface area (Å²) in [5.41, 5.74) is 3.11. The Morgan fingerprint density at radius 1 is 1.07 bits per heavy atom. The molecule has 0 radical (unpaired) electrons. The molecule has 42 heavy (non-hydrogen) atoms. The second-order valence-corrected chi connectivity index (χ2v) is 12.6. The van der Waals surface area contributed by atoms with E-state index in [0.29, 0.717) is 33.8 Å². The number of H-pyrrole nitrogens is 1. The van der Waals surface area contributed by atoms with E-state index in [0.717, 1.165) is 31.9 Å². The van der Waals surface area contributed by atoms with Gasteiger partial charge in [-0.25, -0.2) is 14.4 Å². The summed E-state index contributed by atoms with van der Waals surface area (Å²) in [6.45, 7) is 5.54. The minimum absolute atomic E-state index is 0.0368. The third-order valence-electron chi connectivity index (χ3n) is 8.72. The molecule has 216 valence electrons. The Labute approximate surface area is 246 Å².